The lowest BCUT2D eigenvalue weighted by molar-refractivity contribution is 0.0531. The van der Waals surface area contributed by atoms with Crippen molar-refractivity contribution >= 4 is 39.3 Å². The van der Waals surface area contributed by atoms with Gasteiger partial charge in [0.15, 0.2) is 0 Å². The summed E-state index contributed by atoms with van der Waals surface area (Å²) in [5.41, 5.74) is 1.38. The van der Waals surface area contributed by atoms with Crippen molar-refractivity contribution in [3.8, 4) is 0 Å². The maximum Gasteiger partial charge on any atom is 0.348 e. The number of aromatic amines is 1. The molecule has 0 aliphatic heterocycles. The second-order valence-electron chi connectivity index (χ2n) is 6.79. The Hall–Kier alpha value is -2.98. The van der Waals surface area contributed by atoms with Crippen LogP contribution >= 0.6 is 23.1 Å². The van der Waals surface area contributed by atoms with Gasteiger partial charge in [0.1, 0.15) is 15.5 Å². The molecular weight excluding hydrogens is 436 g/mol. The van der Waals surface area contributed by atoms with Crippen molar-refractivity contribution in [3.63, 3.8) is 0 Å². The first kappa shape index (κ1) is 21.3. The standard InChI is InChI=1S/C21H20N4O4S2/c1-4-28-20(27)16-11(2)15-18(26)22-17(23-19(15)31-16)12(3)30-21-25-24-14(29-21)10-13-8-6-5-7-9-13/h5-9,12H,4,10H2,1-3H3,(H,22,23,26). The number of fused-ring (bicyclic) bond motifs is 1. The van der Waals surface area contributed by atoms with Gasteiger partial charge >= 0.3 is 5.97 Å². The summed E-state index contributed by atoms with van der Waals surface area (Å²) in [5, 5.41) is 8.76. The van der Waals surface area contributed by atoms with Crippen LogP contribution < -0.4 is 5.56 Å². The molecule has 4 rings (SSSR count). The quantitative estimate of drug-likeness (QED) is 0.324. The first-order valence-electron chi connectivity index (χ1n) is 9.69. The zero-order chi connectivity index (χ0) is 22.0. The lowest BCUT2D eigenvalue weighted by Crippen LogP contribution is -2.12. The smallest absolute Gasteiger partial charge is 0.348 e. The second kappa shape index (κ2) is 9.03. The Labute approximate surface area is 186 Å². The fourth-order valence-electron chi connectivity index (χ4n) is 3.08. The summed E-state index contributed by atoms with van der Waals surface area (Å²) in [7, 11) is 0. The van der Waals surface area contributed by atoms with Gasteiger partial charge in [-0.05, 0) is 31.9 Å². The number of hydrogen-bond donors (Lipinski definition) is 1. The molecule has 1 atom stereocenters. The summed E-state index contributed by atoms with van der Waals surface area (Å²) >= 11 is 2.47. The Morgan fingerprint density at radius 3 is 2.81 bits per heavy atom. The summed E-state index contributed by atoms with van der Waals surface area (Å²) in [6.45, 7) is 5.63. The van der Waals surface area contributed by atoms with Crippen LogP contribution in [0.3, 0.4) is 0 Å². The highest BCUT2D eigenvalue weighted by molar-refractivity contribution is 7.99. The average Bonchev–Trinajstić information content (AvgIpc) is 3.33. The van der Waals surface area contributed by atoms with Crippen LogP contribution in [0, 0.1) is 6.92 Å². The molecule has 0 aliphatic rings. The number of carbonyl (C=O) groups excluding carboxylic acids is 1. The van der Waals surface area contributed by atoms with Gasteiger partial charge in [0.05, 0.1) is 23.7 Å². The number of thioether (sulfide) groups is 1. The Kier molecular flexibility index (Phi) is 6.19. The Balaban J connectivity index is 1.55. The number of aryl methyl sites for hydroxylation is 1. The molecule has 3 aromatic heterocycles. The summed E-state index contributed by atoms with van der Waals surface area (Å²) in [5.74, 6) is 0.552. The van der Waals surface area contributed by atoms with E-state index in [9.17, 15) is 9.59 Å². The molecule has 0 saturated carbocycles. The van der Waals surface area contributed by atoms with E-state index in [2.05, 4.69) is 20.2 Å². The maximum atomic E-state index is 12.7. The number of ether oxygens (including phenoxy) is 1. The van der Waals surface area contributed by atoms with Gasteiger partial charge in [-0.15, -0.1) is 21.5 Å². The topological polar surface area (TPSA) is 111 Å². The molecule has 1 unspecified atom stereocenters. The fraction of sp³-hybridized carbons (Fsp3) is 0.286. The van der Waals surface area contributed by atoms with E-state index in [1.54, 1.807) is 13.8 Å². The van der Waals surface area contributed by atoms with Crippen LogP contribution in [0.1, 0.15) is 51.6 Å². The minimum Gasteiger partial charge on any atom is -0.462 e. The molecule has 0 spiro atoms. The number of carbonyl (C=O) groups is 1. The molecule has 8 nitrogen and oxygen atoms in total. The Bertz CT molecular complexity index is 1280. The van der Waals surface area contributed by atoms with Crippen molar-refractivity contribution < 1.29 is 13.9 Å². The van der Waals surface area contributed by atoms with Crippen molar-refractivity contribution in [1.29, 1.82) is 0 Å². The van der Waals surface area contributed by atoms with Crippen molar-refractivity contribution in [2.75, 3.05) is 6.61 Å². The van der Waals surface area contributed by atoms with Gasteiger partial charge in [-0.2, -0.15) is 0 Å². The zero-order valence-electron chi connectivity index (χ0n) is 17.2. The van der Waals surface area contributed by atoms with Crippen LogP contribution in [0.4, 0.5) is 0 Å². The van der Waals surface area contributed by atoms with Gasteiger partial charge in [-0.1, -0.05) is 42.1 Å². The first-order chi connectivity index (χ1) is 15.0. The second-order valence-corrected chi connectivity index (χ2v) is 9.08. The molecule has 10 heteroatoms. The van der Waals surface area contributed by atoms with Crippen LogP contribution in [-0.2, 0) is 11.2 Å². The number of nitrogens with one attached hydrogen (secondary N) is 1. The zero-order valence-corrected chi connectivity index (χ0v) is 18.8. The minimum atomic E-state index is -0.442. The van der Waals surface area contributed by atoms with Crippen molar-refractivity contribution in [1.82, 2.24) is 20.2 Å². The molecule has 0 radical (unpaired) electrons. The predicted octanol–water partition coefficient (Wildman–Crippen LogP) is 4.30. The number of H-pyrrole nitrogens is 1. The lowest BCUT2D eigenvalue weighted by Gasteiger charge is -2.07. The van der Waals surface area contributed by atoms with Crippen LogP contribution in [-0.4, -0.2) is 32.7 Å². The third-order valence-electron chi connectivity index (χ3n) is 4.59. The third-order valence-corrected chi connectivity index (χ3v) is 6.70. The highest BCUT2D eigenvalue weighted by Crippen LogP contribution is 2.34. The summed E-state index contributed by atoms with van der Waals surface area (Å²) < 4.78 is 10.8. The Morgan fingerprint density at radius 2 is 2.06 bits per heavy atom. The van der Waals surface area contributed by atoms with E-state index < -0.39 is 5.97 Å². The maximum absolute atomic E-state index is 12.7. The van der Waals surface area contributed by atoms with Gasteiger partial charge in [-0.3, -0.25) is 4.79 Å². The number of rotatable bonds is 7. The minimum absolute atomic E-state index is 0.240. The Morgan fingerprint density at radius 1 is 1.29 bits per heavy atom. The van der Waals surface area contributed by atoms with E-state index >= 15 is 0 Å². The molecule has 31 heavy (non-hydrogen) atoms. The van der Waals surface area contributed by atoms with Crippen molar-refractivity contribution in [3.05, 3.63) is 68.4 Å². The summed E-state index contributed by atoms with van der Waals surface area (Å²) in [4.78, 5) is 33.1. The van der Waals surface area contributed by atoms with E-state index in [0.29, 0.717) is 44.0 Å². The third kappa shape index (κ3) is 4.54. The number of aromatic nitrogens is 4. The highest BCUT2D eigenvalue weighted by atomic mass is 32.2. The number of hydrogen-bond acceptors (Lipinski definition) is 9. The van der Waals surface area contributed by atoms with Crippen molar-refractivity contribution in [2.24, 2.45) is 0 Å². The molecule has 4 aromatic rings. The summed E-state index contributed by atoms with van der Waals surface area (Å²) in [6, 6.07) is 9.87. The van der Waals surface area contributed by atoms with Gasteiger partial charge in [0.2, 0.25) is 5.89 Å². The van der Waals surface area contributed by atoms with Crippen LogP contribution in [0.15, 0.2) is 44.8 Å². The highest BCUT2D eigenvalue weighted by Gasteiger charge is 2.22. The fourth-order valence-corrected chi connectivity index (χ4v) is 4.92. The number of thiophene rings is 1. The average molecular weight is 457 g/mol. The van der Waals surface area contributed by atoms with Gasteiger partial charge in [-0.25, -0.2) is 9.78 Å². The molecule has 3 heterocycles. The van der Waals surface area contributed by atoms with E-state index in [1.165, 1.54) is 11.8 Å². The van der Waals surface area contributed by atoms with E-state index in [1.807, 2.05) is 37.3 Å². The molecule has 0 fully saturated rings. The molecule has 160 valence electrons. The first-order valence-corrected chi connectivity index (χ1v) is 11.4. The lowest BCUT2D eigenvalue weighted by atomic mass is 10.2. The largest absolute Gasteiger partial charge is 0.462 e. The van der Waals surface area contributed by atoms with E-state index in [0.717, 1.165) is 16.9 Å². The normalized spacial score (nSPS) is 12.2. The number of nitrogens with zero attached hydrogens (tertiary/aromatic N) is 3. The molecular formula is C21H20N4O4S2. The number of esters is 1. The monoisotopic (exact) mass is 456 g/mol. The van der Waals surface area contributed by atoms with Gasteiger partial charge in [0.25, 0.3) is 10.8 Å². The molecule has 0 bridgehead atoms. The molecule has 0 saturated heterocycles. The molecule has 1 aromatic carbocycles. The van der Waals surface area contributed by atoms with E-state index in [-0.39, 0.29) is 17.4 Å². The SMILES string of the molecule is CCOC(=O)c1sc2nc(C(C)Sc3nnc(Cc4ccccc4)o3)[nH]c(=O)c2c1C. The van der Waals surface area contributed by atoms with E-state index in [4.69, 9.17) is 9.15 Å². The predicted molar refractivity (Wildman–Crippen MR) is 119 cm³/mol. The molecule has 1 N–H and O–H groups in total. The van der Waals surface area contributed by atoms with Crippen LogP contribution in [0.25, 0.3) is 10.2 Å². The molecule has 0 amide bonds. The molecule has 0 aliphatic carbocycles. The van der Waals surface area contributed by atoms with Gasteiger partial charge in [0, 0.05) is 0 Å². The van der Waals surface area contributed by atoms with Gasteiger partial charge < -0.3 is 14.1 Å². The van der Waals surface area contributed by atoms with Crippen LogP contribution in [0.5, 0.6) is 0 Å². The van der Waals surface area contributed by atoms with Crippen molar-refractivity contribution in [2.45, 2.75) is 37.7 Å². The van der Waals surface area contributed by atoms with Crippen LogP contribution in [0.2, 0.25) is 0 Å². The number of benzene rings is 1. The summed E-state index contributed by atoms with van der Waals surface area (Å²) in [6.07, 6.45) is 0.551.